The largest absolute Gasteiger partial charge is 0.493 e. The number of fused-ring (bicyclic) bond motifs is 1. The van der Waals surface area contributed by atoms with Crippen LogP contribution in [0.5, 0.6) is 5.88 Å². The van der Waals surface area contributed by atoms with Gasteiger partial charge in [0.1, 0.15) is 0 Å². The van der Waals surface area contributed by atoms with Crippen molar-refractivity contribution >= 4 is 40.6 Å². The molecule has 0 atom stereocenters. The molecule has 0 saturated heterocycles. The van der Waals surface area contributed by atoms with E-state index in [1.807, 2.05) is 25.1 Å². The summed E-state index contributed by atoms with van der Waals surface area (Å²) in [4.78, 5) is 5.47. The summed E-state index contributed by atoms with van der Waals surface area (Å²) in [6, 6.07) is 8.92. The number of hydrogen-bond acceptors (Lipinski definition) is 4. The number of rotatable bonds is 3. The van der Waals surface area contributed by atoms with Crippen molar-refractivity contribution in [3.05, 3.63) is 51.8 Å². The van der Waals surface area contributed by atoms with E-state index in [9.17, 15) is 5.11 Å². The molecule has 3 aromatic rings. The van der Waals surface area contributed by atoms with E-state index in [1.165, 1.54) is 4.52 Å². The van der Waals surface area contributed by atoms with E-state index in [1.54, 1.807) is 23.9 Å². The Hall–Kier alpha value is -1.43. The Morgan fingerprint density at radius 3 is 2.76 bits per heavy atom. The molecule has 0 spiro atoms. The average Bonchev–Trinajstić information content (AvgIpc) is 2.81. The Morgan fingerprint density at radius 2 is 2.00 bits per heavy atom. The third kappa shape index (κ3) is 3.10. The van der Waals surface area contributed by atoms with Gasteiger partial charge >= 0.3 is 0 Å². The number of halogens is 2. The fourth-order valence-electron chi connectivity index (χ4n) is 1.92. The number of benzene rings is 1. The number of aromatic hydroxyl groups is 1. The Morgan fingerprint density at radius 1 is 1.19 bits per heavy atom. The van der Waals surface area contributed by atoms with Crippen LogP contribution in [-0.2, 0) is 5.75 Å². The van der Waals surface area contributed by atoms with Crippen LogP contribution in [0.4, 0.5) is 0 Å². The summed E-state index contributed by atoms with van der Waals surface area (Å²) in [5.74, 6) is 0.699. The van der Waals surface area contributed by atoms with Gasteiger partial charge in [-0.3, -0.25) is 0 Å². The zero-order valence-corrected chi connectivity index (χ0v) is 13.4. The van der Waals surface area contributed by atoms with E-state index in [0.717, 1.165) is 16.3 Å². The molecular formula is C14H11Cl2N3OS. The molecule has 0 radical (unpaired) electrons. The summed E-state index contributed by atoms with van der Waals surface area (Å²) in [6.07, 6.45) is 0. The number of hydrogen-bond donors (Lipinski definition) is 1. The fraction of sp³-hybridized carbons (Fsp3) is 0.143. The fourth-order valence-corrected chi connectivity index (χ4v) is 3.11. The molecule has 4 nitrogen and oxygen atoms in total. The summed E-state index contributed by atoms with van der Waals surface area (Å²) in [7, 11) is 0. The van der Waals surface area contributed by atoms with Crippen LogP contribution in [0.1, 0.15) is 11.4 Å². The highest BCUT2D eigenvalue weighted by atomic mass is 35.5. The molecule has 0 unspecified atom stereocenters. The van der Waals surface area contributed by atoms with Crippen LogP contribution in [-0.4, -0.2) is 19.7 Å². The van der Waals surface area contributed by atoms with Crippen molar-refractivity contribution in [1.29, 1.82) is 0 Å². The minimum absolute atomic E-state index is 0.0813. The average molecular weight is 340 g/mol. The lowest BCUT2D eigenvalue weighted by molar-refractivity contribution is 0.434. The molecular weight excluding hydrogens is 329 g/mol. The molecule has 1 aromatic carbocycles. The number of aromatic nitrogens is 3. The van der Waals surface area contributed by atoms with Gasteiger partial charge in [-0.25, -0.2) is 4.98 Å². The molecule has 0 aliphatic carbocycles. The minimum atomic E-state index is 0.0813. The highest BCUT2D eigenvalue weighted by molar-refractivity contribution is 7.98. The number of nitrogens with zero attached hydrogens (tertiary/aromatic N) is 3. The second-order valence-electron chi connectivity index (χ2n) is 4.53. The lowest BCUT2D eigenvalue weighted by atomic mass is 10.4. The van der Waals surface area contributed by atoms with Gasteiger partial charge in [-0.15, -0.1) is 11.8 Å². The lowest BCUT2D eigenvalue weighted by Crippen LogP contribution is -1.95. The summed E-state index contributed by atoms with van der Waals surface area (Å²) < 4.78 is 1.42. The molecule has 1 N–H and O–H groups in total. The molecule has 0 saturated carbocycles. The molecule has 108 valence electrons. The molecule has 0 amide bonds. The van der Waals surface area contributed by atoms with E-state index < -0.39 is 0 Å². The van der Waals surface area contributed by atoms with Crippen LogP contribution in [0.2, 0.25) is 10.0 Å². The van der Waals surface area contributed by atoms with Crippen LogP contribution in [0.3, 0.4) is 0 Å². The maximum absolute atomic E-state index is 9.96. The van der Waals surface area contributed by atoms with Gasteiger partial charge in [0, 0.05) is 22.8 Å². The van der Waals surface area contributed by atoms with Crippen molar-refractivity contribution in [1.82, 2.24) is 14.6 Å². The van der Waals surface area contributed by atoms with Gasteiger partial charge in [0.15, 0.2) is 5.65 Å². The smallest absolute Gasteiger partial charge is 0.215 e. The topological polar surface area (TPSA) is 50.4 Å². The van der Waals surface area contributed by atoms with Crippen molar-refractivity contribution in [2.75, 3.05) is 0 Å². The second-order valence-corrected chi connectivity index (χ2v) is 6.39. The summed E-state index contributed by atoms with van der Waals surface area (Å²) >= 11 is 13.5. The molecule has 0 bridgehead atoms. The first-order valence-corrected chi connectivity index (χ1v) is 7.90. The predicted molar refractivity (Wildman–Crippen MR) is 85.4 cm³/mol. The first-order chi connectivity index (χ1) is 10.0. The molecule has 0 aliphatic heterocycles. The number of thioether (sulfide) groups is 1. The molecule has 21 heavy (non-hydrogen) atoms. The molecule has 3 rings (SSSR count). The Balaban J connectivity index is 1.82. The van der Waals surface area contributed by atoms with E-state index >= 15 is 0 Å². The highest BCUT2D eigenvalue weighted by Gasteiger charge is 2.08. The highest BCUT2D eigenvalue weighted by Crippen LogP contribution is 2.30. The van der Waals surface area contributed by atoms with Gasteiger partial charge in [-0.2, -0.15) is 9.61 Å². The van der Waals surface area contributed by atoms with Crippen LogP contribution in [0, 0.1) is 6.92 Å². The van der Waals surface area contributed by atoms with Crippen molar-refractivity contribution < 1.29 is 5.11 Å². The van der Waals surface area contributed by atoms with E-state index in [2.05, 4.69) is 10.1 Å². The third-order valence-corrected chi connectivity index (χ3v) is 4.63. The summed E-state index contributed by atoms with van der Waals surface area (Å²) in [5, 5.41) is 15.2. The molecule has 0 aliphatic rings. The Bertz CT molecular complexity index is 819. The predicted octanol–water partition coefficient (Wildman–Crippen LogP) is 4.34. The Kier molecular flexibility index (Phi) is 3.97. The van der Waals surface area contributed by atoms with Crippen molar-refractivity contribution in [3.63, 3.8) is 0 Å². The summed E-state index contributed by atoms with van der Waals surface area (Å²) in [5.41, 5.74) is 2.22. The third-order valence-electron chi connectivity index (χ3n) is 2.86. The van der Waals surface area contributed by atoms with Gasteiger partial charge in [-0.05, 0) is 25.1 Å². The minimum Gasteiger partial charge on any atom is -0.493 e. The summed E-state index contributed by atoms with van der Waals surface area (Å²) in [6.45, 7) is 1.86. The van der Waals surface area contributed by atoms with Gasteiger partial charge in [0.2, 0.25) is 5.88 Å². The normalized spacial score (nSPS) is 11.2. The van der Waals surface area contributed by atoms with Crippen molar-refractivity contribution in [3.8, 4) is 5.88 Å². The molecule has 2 aromatic heterocycles. The molecule has 7 heteroatoms. The molecule has 2 heterocycles. The van der Waals surface area contributed by atoms with Crippen LogP contribution >= 0.6 is 35.0 Å². The van der Waals surface area contributed by atoms with Gasteiger partial charge in [0.25, 0.3) is 0 Å². The number of aryl methyl sites for hydroxylation is 1. The van der Waals surface area contributed by atoms with Gasteiger partial charge in [0.05, 0.1) is 21.4 Å². The zero-order valence-electron chi connectivity index (χ0n) is 11.0. The second kappa shape index (κ2) is 5.75. The maximum atomic E-state index is 9.96. The van der Waals surface area contributed by atoms with E-state index in [-0.39, 0.29) is 5.88 Å². The van der Waals surface area contributed by atoms with Gasteiger partial charge in [-0.1, -0.05) is 23.2 Å². The Labute approximate surface area is 135 Å². The van der Waals surface area contributed by atoms with E-state index in [4.69, 9.17) is 23.2 Å². The van der Waals surface area contributed by atoms with Crippen molar-refractivity contribution in [2.24, 2.45) is 0 Å². The van der Waals surface area contributed by atoms with Crippen LogP contribution in [0.15, 0.2) is 35.2 Å². The van der Waals surface area contributed by atoms with Gasteiger partial charge < -0.3 is 5.11 Å². The first kappa shape index (κ1) is 14.5. The van der Waals surface area contributed by atoms with E-state index in [0.29, 0.717) is 21.4 Å². The lowest BCUT2D eigenvalue weighted by Gasteiger charge is -2.05. The monoisotopic (exact) mass is 339 g/mol. The quantitative estimate of drug-likeness (QED) is 0.721. The standard InChI is InChI=1S/C14H11Cl2N3OS/c1-8-4-13-17-9(5-14(20)19(13)18-8)7-21-10-2-3-11(15)12(16)6-10/h2-6,20H,7H2,1H3. The molecule has 0 fully saturated rings. The van der Waals surface area contributed by atoms with Crippen molar-refractivity contribution in [2.45, 2.75) is 17.6 Å². The maximum Gasteiger partial charge on any atom is 0.215 e. The SMILES string of the molecule is Cc1cc2nc(CSc3ccc(Cl)c(Cl)c3)cc(O)n2n1. The zero-order chi connectivity index (χ0) is 15.0. The first-order valence-electron chi connectivity index (χ1n) is 6.16. The van der Waals surface area contributed by atoms with Crippen LogP contribution in [0.25, 0.3) is 5.65 Å². The van der Waals surface area contributed by atoms with Crippen LogP contribution < -0.4 is 0 Å².